The van der Waals surface area contributed by atoms with Gasteiger partial charge in [0.05, 0.1) is 5.52 Å². The van der Waals surface area contributed by atoms with Crippen LogP contribution in [0.2, 0.25) is 0 Å². The average Bonchev–Trinajstić information content (AvgIpc) is 2.79. The van der Waals surface area contributed by atoms with E-state index in [2.05, 4.69) is 22.7 Å². The number of piperidine rings is 1. The molecule has 5 heteroatoms. The molecule has 1 aliphatic rings. The Labute approximate surface area is 118 Å². The van der Waals surface area contributed by atoms with Crippen molar-refractivity contribution in [2.24, 2.45) is 13.0 Å². The third-order valence-corrected chi connectivity index (χ3v) is 4.12. The first-order valence-electron chi connectivity index (χ1n) is 7.10. The Morgan fingerprint density at radius 2 is 2.25 bits per heavy atom. The molecule has 1 aliphatic heterocycles. The van der Waals surface area contributed by atoms with Gasteiger partial charge in [-0.2, -0.15) is 5.10 Å². The second-order valence-corrected chi connectivity index (χ2v) is 5.54. The lowest BCUT2D eigenvalue weighted by Crippen LogP contribution is -2.50. The predicted molar refractivity (Wildman–Crippen MR) is 78.6 cm³/mol. The molecular formula is C15H20N4O. The zero-order valence-electron chi connectivity index (χ0n) is 11.9. The maximum absolute atomic E-state index is 12.5. The normalized spacial score (nSPS) is 22.9. The molecule has 2 unspecified atom stereocenters. The number of para-hydroxylation sites is 1. The van der Waals surface area contributed by atoms with Crippen LogP contribution in [-0.4, -0.2) is 34.8 Å². The number of aromatic nitrogens is 2. The zero-order valence-corrected chi connectivity index (χ0v) is 11.9. The maximum atomic E-state index is 12.5. The van der Waals surface area contributed by atoms with E-state index >= 15 is 0 Å². The Kier molecular flexibility index (Phi) is 3.44. The van der Waals surface area contributed by atoms with Crippen molar-refractivity contribution in [3.05, 3.63) is 30.0 Å². The number of carbonyl (C=O) groups is 1. The number of hydrogen-bond acceptors (Lipinski definition) is 3. The molecule has 1 aromatic heterocycles. The number of carbonyl (C=O) groups excluding carboxylic acids is 1. The number of rotatable bonds is 2. The summed E-state index contributed by atoms with van der Waals surface area (Å²) < 4.78 is 1.76. The van der Waals surface area contributed by atoms with Crippen molar-refractivity contribution in [3.8, 4) is 0 Å². The molecule has 2 heterocycles. The van der Waals surface area contributed by atoms with Gasteiger partial charge in [0, 0.05) is 25.0 Å². The molecule has 2 atom stereocenters. The minimum atomic E-state index is -0.0812. The van der Waals surface area contributed by atoms with E-state index in [0.717, 1.165) is 30.4 Å². The van der Waals surface area contributed by atoms with E-state index in [0.29, 0.717) is 11.6 Å². The number of fused-ring (bicyclic) bond motifs is 1. The van der Waals surface area contributed by atoms with Crippen LogP contribution in [-0.2, 0) is 7.05 Å². The molecule has 5 nitrogen and oxygen atoms in total. The summed E-state index contributed by atoms with van der Waals surface area (Å²) in [7, 11) is 1.86. The van der Waals surface area contributed by atoms with E-state index < -0.39 is 0 Å². The molecule has 0 spiro atoms. The van der Waals surface area contributed by atoms with Crippen molar-refractivity contribution in [2.45, 2.75) is 19.4 Å². The van der Waals surface area contributed by atoms with Crippen LogP contribution in [0, 0.1) is 5.92 Å². The van der Waals surface area contributed by atoms with Crippen molar-refractivity contribution in [1.29, 1.82) is 0 Å². The summed E-state index contributed by atoms with van der Waals surface area (Å²) >= 11 is 0. The summed E-state index contributed by atoms with van der Waals surface area (Å²) in [6, 6.07) is 7.99. The van der Waals surface area contributed by atoms with Gasteiger partial charge in [-0.15, -0.1) is 0 Å². The lowest BCUT2D eigenvalue weighted by molar-refractivity contribution is 0.0911. The fraction of sp³-hybridized carbons (Fsp3) is 0.467. The highest BCUT2D eigenvalue weighted by Gasteiger charge is 2.25. The molecule has 20 heavy (non-hydrogen) atoms. The highest BCUT2D eigenvalue weighted by Crippen LogP contribution is 2.18. The number of nitrogens with zero attached hydrogens (tertiary/aromatic N) is 2. The van der Waals surface area contributed by atoms with Crippen LogP contribution in [0.25, 0.3) is 10.9 Å². The van der Waals surface area contributed by atoms with Gasteiger partial charge in [-0.1, -0.05) is 25.1 Å². The third-order valence-electron chi connectivity index (χ3n) is 4.12. The minimum Gasteiger partial charge on any atom is -0.346 e. The van der Waals surface area contributed by atoms with Crippen molar-refractivity contribution < 1.29 is 4.79 Å². The topological polar surface area (TPSA) is 58.9 Å². The largest absolute Gasteiger partial charge is 0.346 e. The summed E-state index contributed by atoms with van der Waals surface area (Å²) in [6.07, 6.45) is 1.09. The fourth-order valence-electron chi connectivity index (χ4n) is 2.80. The van der Waals surface area contributed by atoms with Gasteiger partial charge >= 0.3 is 0 Å². The Hall–Kier alpha value is -1.88. The molecular weight excluding hydrogens is 252 g/mol. The van der Waals surface area contributed by atoms with Gasteiger partial charge in [-0.25, -0.2) is 0 Å². The monoisotopic (exact) mass is 272 g/mol. The molecule has 1 fully saturated rings. The summed E-state index contributed by atoms with van der Waals surface area (Å²) in [5.74, 6) is 0.414. The molecule has 1 aromatic carbocycles. The van der Waals surface area contributed by atoms with E-state index in [-0.39, 0.29) is 11.9 Å². The molecule has 0 bridgehead atoms. The van der Waals surface area contributed by atoms with E-state index in [1.807, 2.05) is 31.3 Å². The molecule has 0 aliphatic carbocycles. The first-order chi connectivity index (χ1) is 9.66. The van der Waals surface area contributed by atoms with Gasteiger partial charge in [-0.3, -0.25) is 9.48 Å². The van der Waals surface area contributed by atoms with Gasteiger partial charge < -0.3 is 10.6 Å². The van der Waals surface area contributed by atoms with Crippen LogP contribution in [0.3, 0.4) is 0 Å². The minimum absolute atomic E-state index is 0.0812. The Morgan fingerprint density at radius 3 is 3.05 bits per heavy atom. The first kappa shape index (κ1) is 13.1. The van der Waals surface area contributed by atoms with Crippen molar-refractivity contribution >= 4 is 16.8 Å². The van der Waals surface area contributed by atoms with Gasteiger partial charge in [0.25, 0.3) is 5.91 Å². The standard InChI is InChI=1S/C15H20N4O/c1-10-7-8-16-9-12(10)17-15(20)14-11-5-3-4-6-13(11)19(2)18-14/h3-6,10,12,16H,7-9H2,1-2H3,(H,17,20). The van der Waals surface area contributed by atoms with Crippen LogP contribution in [0.1, 0.15) is 23.8 Å². The lowest BCUT2D eigenvalue weighted by Gasteiger charge is -2.29. The van der Waals surface area contributed by atoms with Gasteiger partial charge in [0.15, 0.2) is 5.69 Å². The van der Waals surface area contributed by atoms with Gasteiger partial charge in [-0.05, 0) is 24.9 Å². The second kappa shape index (κ2) is 5.25. The van der Waals surface area contributed by atoms with E-state index in [1.54, 1.807) is 4.68 Å². The Morgan fingerprint density at radius 1 is 1.45 bits per heavy atom. The molecule has 1 saturated heterocycles. The SMILES string of the molecule is CC1CCNCC1NC(=O)c1nn(C)c2ccccc12. The summed E-state index contributed by atoms with van der Waals surface area (Å²) in [6.45, 7) is 4.04. The number of nitrogens with one attached hydrogen (secondary N) is 2. The Balaban J connectivity index is 1.85. The van der Waals surface area contributed by atoms with E-state index in [4.69, 9.17) is 0 Å². The van der Waals surface area contributed by atoms with Crippen molar-refractivity contribution in [2.75, 3.05) is 13.1 Å². The molecule has 0 radical (unpaired) electrons. The first-order valence-corrected chi connectivity index (χ1v) is 7.10. The maximum Gasteiger partial charge on any atom is 0.272 e. The molecule has 2 N–H and O–H groups in total. The molecule has 106 valence electrons. The quantitative estimate of drug-likeness (QED) is 0.866. The predicted octanol–water partition coefficient (Wildman–Crippen LogP) is 1.30. The number of hydrogen-bond donors (Lipinski definition) is 2. The summed E-state index contributed by atoms with van der Waals surface area (Å²) in [4.78, 5) is 12.5. The lowest BCUT2D eigenvalue weighted by atomic mass is 9.94. The third kappa shape index (κ3) is 2.29. The molecule has 2 aromatic rings. The second-order valence-electron chi connectivity index (χ2n) is 5.54. The summed E-state index contributed by atoms with van der Waals surface area (Å²) in [5.41, 5.74) is 1.49. The van der Waals surface area contributed by atoms with Crippen LogP contribution in [0.5, 0.6) is 0 Å². The van der Waals surface area contributed by atoms with Crippen LogP contribution in [0.4, 0.5) is 0 Å². The molecule has 1 amide bonds. The fourth-order valence-corrected chi connectivity index (χ4v) is 2.80. The number of benzene rings is 1. The average molecular weight is 272 g/mol. The van der Waals surface area contributed by atoms with Crippen LogP contribution in [0.15, 0.2) is 24.3 Å². The molecule has 0 saturated carbocycles. The van der Waals surface area contributed by atoms with Crippen LogP contribution >= 0.6 is 0 Å². The van der Waals surface area contributed by atoms with Gasteiger partial charge in [0.1, 0.15) is 0 Å². The zero-order chi connectivity index (χ0) is 14.1. The number of amides is 1. The van der Waals surface area contributed by atoms with Gasteiger partial charge in [0.2, 0.25) is 0 Å². The Bertz CT molecular complexity index is 634. The van der Waals surface area contributed by atoms with Crippen molar-refractivity contribution in [1.82, 2.24) is 20.4 Å². The smallest absolute Gasteiger partial charge is 0.272 e. The highest BCUT2D eigenvalue weighted by molar-refractivity contribution is 6.04. The van der Waals surface area contributed by atoms with Crippen LogP contribution < -0.4 is 10.6 Å². The van der Waals surface area contributed by atoms with E-state index in [9.17, 15) is 4.79 Å². The number of aryl methyl sites for hydroxylation is 1. The highest BCUT2D eigenvalue weighted by atomic mass is 16.2. The van der Waals surface area contributed by atoms with Crippen molar-refractivity contribution in [3.63, 3.8) is 0 Å². The summed E-state index contributed by atoms with van der Waals surface area (Å²) in [5, 5.41) is 11.7. The van der Waals surface area contributed by atoms with E-state index in [1.165, 1.54) is 0 Å². The molecule has 3 rings (SSSR count).